The Morgan fingerprint density at radius 1 is 0.927 bits per heavy atom. The van der Waals surface area contributed by atoms with E-state index in [1.54, 1.807) is 18.2 Å². The normalized spacial score (nSPS) is 15.7. The number of fused-ring (bicyclic) bond motifs is 2. The monoisotopic (exact) mass is 804 g/mol. The Kier molecular flexibility index (Phi) is 16.3. The summed E-state index contributed by atoms with van der Waals surface area (Å²) >= 11 is 0. The number of halogens is 7. The number of aliphatic hydroxyl groups is 2. The molecule has 0 unspecified atom stereocenters. The van der Waals surface area contributed by atoms with Gasteiger partial charge in [-0.1, -0.05) is 12.1 Å². The van der Waals surface area contributed by atoms with E-state index in [2.05, 4.69) is 36.2 Å². The molecule has 55 heavy (non-hydrogen) atoms. The highest BCUT2D eigenvalue weighted by Gasteiger charge is 2.71. The molecule has 0 bridgehead atoms. The number of primary amides is 1. The molecule has 0 aromatic heterocycles. The summed E-state index contributed by atoms with van der Waals surface area (Å²) in [5.74, 6) is -0.684. The zero-order valence-corrected chi connectivity index (χ0v) is 30.7. The summed E-state index contributed by atoms with van der Waals surface area (Å²) in [6.45, 7) is 4.92. The van der Waals surface area contributed by atoms with E-state index in [4.69, 9.17) is 4.74 Å². The molecule has 2 heterocycles. The van der Waals surface area contributed by atoms with Crippen LogP contribution in [0, 0.1) is 31.5 Å². The van der Waals surface area contributed by atoms with Gasteiger partial charge in [0.2, 0.25) is 5.91 Å². The fourth-order valence-electron chi connectivity index (χ4n) is 5.15. The van der Waals surface area contributed by atoms with Crippen molar-refractivity contribution in [2.24, 2.45) is 5.73 Å². The van der Waals surface area contributed by atoms with E-state index in [1.165, 1.54) is 14.0 Å². The van der Waals surface area contributed by atoms with Crippen molar-refractivity contribution in [3.05, 3.63) is 88.7 Å². The highest BCUT2D eigenvalue weighted by atomic mass is 32.2. The molecule has 3 aromatic carbocycles. The van der Waals surface area contributed by atoms with Crippen molar-refractivity contribution < 1.29 is 68.4 Å². The Labute approximate surface area is 314 Å². The van der Waals surface area contributed by atoms with Gasteiger partial charge >= 0.3 is 18.3 Å². The molecule has 0 aliphatic carbocycles. The summed E-state index contributed by atoms with van der Waals surface area (Å²) in [6.07, 6.45) is 3.93. The molecule has 0 saturated carbocycles. The van der Waals surface area contributed by atoms with Crippen LogP contribution in [0.2, 0.25) is 0 Å². The zero-order valence-electron chi connectivity index (χ0n) is 29.9. The van der Waals surface area contributed by atoms with E-state index < -0.39 is 51.1 Å². The molecule has 2 aliphatic rings. The molecule has 300 valence electrons. The average molecular weight is 805 g/mol. The van der Waals surface area contributed by atoms with Gasteiger partial charge in [-0.05, 0) is 86.3 Å². The lowest BCUT2D eigenvalue weighted by Gasteiger charge is -2.37. The Balaban J connectivity index is 0.000000509. The van der Waals surface area contributed by atoms with Gasteiger partial charge in [-0.2, -0.15) is 26.3 Å². The molecule has 10 nitrogen and oxygen atoms in total. The first-order valence-corrected chi connectivity index (χ1v) is 17.1. The van der Waals surface area contributed by atoms with Crippen LogP contribution in [0.4, 0.5) is 36.4 Å². The topological polar surface area (TPSA) is 156 Å². The summed E-state index contributed by atoms with van der Waals surface area (Å²) in [7, 11) is -2.89. The molecule has 2 aliphatic heterocycles. The third-order valence-corrected chi connectivity index (χ3v) is 9.69. The first-order chi connectivity index (χ1) is 25.4. The lowest BCUT2D eigenvalue weighted by molar-refractivity contribution is -0.376. The van der Waals surface area contributed by atoms with Crippen LogP contribution in [0.25, 0.3) is 0 Å². The lowest BCUT2D eigenvalue weighted by atomic mass is 9.89. The Bertz CT molecular complexity index is 1920. The minimum absolute atomic E-state index is 0.00437. The minimum Gasteiger partial charge on any atom is -0.485 e. The SMILES string of the molecule is C#C.C#C.CC(N)=O.COC(=O)c1ccc2c(c1)C[C@H](O)C(C)(C)O2.O=S(=O)(c1ccc(F)cc1)N1CCCc2cc(C(O)(C(F)(F)F)C(F)(F)F)ccc21. The number of amides is 1. The number of aryl methyl sites for hydroxylation is 1. The number of rotatable bonds is 4. The zero-order chi connectivity index (χ0) is 42.7. The predicted molar refractivity (Wildman–Crippen MR) is 189 cm³/mol. The van der Waals surface area contributed by atoms with Gasteiger partial charge in [0, 0.05) is 25.5 Å². The van der Waals surface area contributed by atoms with Gasteiger partial charge in [-0.3, -0.25) is 9.10 Å². The number of hydrogen-bond acceptors (Lipinski definition) is 8. The van der Waals surface area contributed by atoms with E-state index in [9.17, 15) is 59.0 Å². The second-order valence-corrected chi connectivity index (χ2v) is 13.9. The molecule has 1 amide bonds. The molecule has 18 heteroatoms. The second-order valence-electron chi connectivity index (χ2n) is 12.0. The van der Waals surface area contributed by atoms with Crippen molar-refractivity contribution in [1.29, 1.82) is 0 Å². The number of carbonyl (C=O) groups is 2. The van der Waals surface area contributed by atoms with E-state index >= 15 is 0 Å². The number of nitrogens with zero attached hydrogens (tertiary/aromatic N) is 1. The van der Waals surface area contributed by atoms with Gasteiger partial charge < -0.3 is 25.4 Å². The van der Waals surface area contributed by atoms with E-state index in [0.717, 1.165) is 40.2 Å². The first-order valence-electron chi connectivity index (χ1n) is 15.7. The van der Waals surface area contributed by atoms with Crippen molar-refractivity contribution in [2.45, 2.75) is 74.6 Å². The number of methoxy groups -OCH3 is 1. The molecule has 0 radical (unpaired) electrons. The summed E-state index contributed by atoms with van der Waals surface area (Å²) in [6, 6.07) is 10.7. The number of alkyl halides is 6. The summed E-state index contributed by atoms with van der Waals surface area (Å²) in [5, 5.41) is 19.5. The summed E-state index contributed by atoms with van der Waals surface area (Å²) < 4.78 is 129. The van der Waals surface area contributed by atoms with Gasteiger partial charge in [0.1, 0.15) is 17.2 Å². The van der Waals surface area contributed by atoms with Gasteiger partial charge in [0.15, 0.2) is 0 Å². The lowest BCUT2D eigenvalue weighted by Crippen LogP contribution is -2.54. The Hall–Kier alpha value is -5.30. The highest BCUT2D eigenvalue weighted by molar-refractivity contribution is 7.92. The molecule has 0 spiro atoms. The van der Waals surface area contributed by atoms with E-state index in [1.807, 2.05) is 13.8 Å². The van der Waals surface area contributed by atoms with Gasteiger partial charge in [-0.15, -0.1) is 25.7 Å². The smallest absolute Gasteiger partial charge is 0.430 e. The fraction of sp³-hybridized carbons (Fsp3) is 0.351. The van der Waals surface area contributed by atoms with Crippen LogP contribution in [-0.4, -0.2) is 68.2 Å². The van der Waals surface area contributed by atoms with E-state index in [-0.39, 0.29) is 47.4 Å². The number of nitrogens with two attached hydrogens (primary N) is 1. The number of benzene rings is 3. The van der Waals surface area contributed by atoms with Gasteiger partial charge in [0.25, 0.3) is 15.6 Å². The number of carbonyl (C=O) groups excluding carboxylic acids is 2. The molecule has 0 saturated heterocycles. The van der Waals surface area contributed by atoms with Crippen LogP contribution in [0.3, 0.4) is 0 Å². The van der Waals surface area contributed by atoms with Crippen LogP contribution in [0.1, 0.15) is 54.2 Å². The molecule has 4 N–H and O–H groups in total. The van der Waals surface area contributed by atoms with Crippen LogP contribution >= 0.6 is 0 Å². The Morgan fingerprint density at radius 3 is 1.95 bits per heavy atom. The number of terminal acetylenes is 2. The van der Waals surface area contributed by atoms with E-state index in [0.29, 0.717) is 29.9 Å². The number of anilines is 1. The minimum atomic E-state index is -6.05. The molecule has 5 rings (SSSR count). The fourth-order valence-corrected chi connectivity index (χ4v) is 6.69. The maximum atomic E-state index is 13.1. The molecule has 3 aromatic rings. The number of aliphatic hydroxyl groups excluding tert-OH is 1. The number of hydrogen-bond donors (Lipinski definition) is 3. The second kappa shape index (κ2) is 18.8. The summed E-state index contributed by atoms with van der Waals surface area (Å²) in [5.41, 5.74) is -1.59. The number of esters is 1. The number of sulfonamides is 1. The van der Waals surface area contributed by atoms with Crippen LogP contribution in [0.5, 0.6) is 5.75 Å². The van der Waals surface area contributed by atoms with Crippen LogP contribution < -0.4 is 14.8 Å². The predicted octanol–water partition coefficient (Wildman–Crippen LogP) is 5.82. The van der Waals surface area contributed by atoms with Crippen molar-refractivity contribution in [3.63, 3.8) is 0 Å². The van der Waals surface area contributed by atoms with Crippen molar-refractivity contribution >= 4 is 27.6 Å². The molecule has 0 fully saturated rings. The Morgan fingerprint density at radius 2 is 1.45 bits per heavy atom. The maximum absolute atomic E-state index is 13.1. The van der Waals surface area contributed by atoms with Crippen molar-refractivity contribution in [3.8, 4) is 31.4 Å². The third-order valence-electron chi connectivity index (χ3n) is 7.87. The summed E-state index contributed by atoms with van der Waals surface area (Å²) in [4.78, 5) is 20.3. The van der Waals surface area contributed by atoms with Crippen molar-refractivity contribution in [2.75, 3.05) is 18.0 Å². The average Bonchev–Trinajstić information content (AvgIpc) is 3.11. The van der Waals surface area contributed by atoms with Crippen LogP contribution in [-0.2, 0) is 38.0 Å². The highest BCUT2D eigenvalue weighted by Crippen LogP contribution is 2.51. The van der Waals surface area contributed by atoms with Crippen LogP contribution in [0.15, 0.2) is 65.6 Å². The largest absolute Gasteiger partial charge is 0.485 e. The molecular formula is C37H39F7N2O8S. The number of ether oxygens (including phenoxy) is 2. The maximum Gasteiger partial charge on any atom is 0.430 e. The standard InChI is InChI=1S/C18H14F7NO3S.C13H16O4.C2H5NO.2C2H2/c19-13-4-6-14(7-5-13)30(28,29)26-9-1-2-11-10-12(3-8-15(11)26)16(27,17(20,21)22)18(23,24)25;1-13(2)11(14)7-9-6-8(12(15)16-3)4-5-10(9)17-13;1-2(3)4;2*1-2/h3-8,10,27H,1-2,9H2;4-6,11,14H,7H2,1-3H3;1H3,(H2,3,4);2*1-2H/t;11-;;;/m.0.../s1. The first kappa shape index (κ1) is 47.7. The molecular weight excluding hydrogens is 765 g/mol. The quantitative estimate of drug-likeness (QED) is 0.169. The molecule has 1 atom stereocenters. The van der Waals surface area contributed by atoms with Crippen molar-refractivity contribution in [1.82, 2.24) is 0 Å². The van der Waals surface area contributed by atoms with Gasteiger partial charge in [-0.25, -0.2) is 17.6 Å². The van der Waals surface area contributed by atoms with Gasteiger partial charge in [0.05, 0.1) is 29.4 Å². The third kappa shape index (κ3) is 11.1.